The van der Waals surface area contributed by atoms with Crippen LogP contribution in [0, 0.1) is 0 Å². The molecule has 168 valence electrons. The van der Waals surface area contributed by atoms with Crippen molar-refractivity contribution in [2.24, 2.45) is 5.73 Å². The van der Waals surface area contributed by atoms with Crippen LogP contribution in [0.5, 0.6) is 0 Å². The lowest BCUT2D eigenvalue weighted by Gasteiger charge is -2.36. The summed E-state index contributed by atoms with van der Waals surface area (Å²) in [6, 6.07) is 4.49. The summed E-state index contributed by atoms with van der Waals surface area (Å²) in [5.41, 5.74) is 5.73. The van der Waals surface area contributed by atoms with E-state index in [0.29, 0.717) is 44.2 Å². The molecule has 2 aliphatic rings. The van der Waals surface area contributed by atoms with Gasteiger partial charge >= 0.3 is 0 Å². The van der Waals surface area contributed by atoms with Gasteiger partial charge in [0.2, 0.25) is 10.0 Å². The van der Waals surface area contributed by atoms with E-state index in [2.05, 4.69) is 20.8 Å². The number of aromatic nitrogens is 2. The molecule has 4 rings (SSSR count). The van der Waals surface area contributed by atoms with Crippen LogP contribution >= 0.6 is 0 Å². The minimum absolute atomic E-state index is 0.129. The van der Waals surface area contributed by atoms with Gasteiger partial charge in [-0.2, -0.15) is 4.31 Å². The quantitative estimate of drug-likeness (QED) is 0.548. The number of nitrogens with two attached hydrogens (primary N) is 1. The first-order valence-electron chi connectivity index (χ1n) is 10.6. The first kappa shape index (κ1) is 21.7. The first-order chi connectivity index (χ1) is 14.9. The van der Waals surface area contributed by atoms with Crippen LogP contribution in [0.2, 0.25) is 0 Å². The standard InChI is InChI=1S/C20H28N6O4S/c1-13-10-15(24-20(27)17-11-18(30-25-17)14-2-3-14)6-9-26(13)31(28,29)16-4-5-19(23-12-16)22-8-7-21/h4-5,11-15H,2-3,6-10,21H2,1H3,(H,22,23)(H,24,27)/t13-,15-/m1/s1. The zero-order valence-electron chi connectivity index (χ0n) is 17.5. The second-order valence-electron chi connectivity index (χ2n) is 8.14. The maximum atomic E-state index is 13.1. The van der Waals surface area contributed by atoms with Gasteiger partial charge in [0, 0.05) is 49.9 Å². The van der Waals surface area contributed by atoms with E-state index in [1.165, 1.54) is 10.5 Å². The first-order valence-corrected chi connectivity index (χ1v) is 12.0. The summed E-state index contributed by atoms with van der Waals surface area (Å²) < 4.78 is 32.9. The molecule has 3 heterocycles. The van der Waals surface area contributed by atoms with E-state index < -0.39 is 10.0 Å². The van der Waals surface area contributed by atoms with Crippen molar-refractivity contribution in [3.8, 4) is 0 Å². The molecule has 11 heteroatoms. The Morgan fingerprint density at radius 3 is 2.77 bits per heavy atom. The molecule has 1 aliphatic carbocycles. The van der Waals surface area contributed by atoms with Crippen molar-refractivity contribution < 1.29 is 17.7 Å². The van der Waals surface area contributed by atoms with E-state index in [-0.39, 0.29) is 28.6 Å². The summed E-state index contributed by atoms with van der Waals surface area (Å²) in [4.78, 5) is 16.8. The highest BCUT2D eigenvalue weighted by Gasteiger charge is 2.36. The predicted molar refractivity (Wildman–Crippen MR) is 114 cm³/mol. The molecule has 2 atom stereocenters. The van der Waals surface area contributed by atoms with Crippen molar-refractivity contribution in [1.29, 1.82) is 0 Å². The third kappa shape index (κ3) is 4.89. The summed E-state index contributed by atoms with van der Waals surface area (Å²) in [5.74, 6) is 1.45. The normalized spacial score (nSPS) is 22.3. The van der Waals surface area contributed by atoms with Crippen LogP contribution < -0.4 is 16.4 Å². The molecule has 1 aliphatic heterocycles. The number of carbonyl (C=O) groups is 1. The molecule has 2 aromatic heterocycles. The van der Waals surface area contributed by atoms with Gasteiger partial charge in [0.05, 0.1) is 0 Å². The van der Waals surface area contributed by atoms with Crippen LogP contribution in [0.1, 0.15) is 54.8 Å². The maximum Gasteiger partial charge on any atom is 0.273 e. The number of piperidine rings is 1. The average molecular weight is 449 g/mol. The van der Waals surface area contributed by atoms with Gasteiger partial charge in [-0.25, -0.2) is 13.4 Å². The largest absolute Gasteiger partial charge is 0.369 e. The van der Waals surface area contributed by atoms with E-state index >= 15 is 0 Å². The molecule has 0 spiro atoms. The Bertz CT molecular complexity index is 1020. The van der Waals surface area contributed by atoms with Gasteiger partial charge in [0.15, 0.2) is 5.69 Å². The summed E-state index contributed by atoms with van der Waals surface area (Å²) >= 11 is 0. The minimum atomic E-state index is -3.67. The monoisotopic (exact) mass is 448 g/mol. The Morgan fingerprint density at radius 1 is 1.32 bits per heavy atom. The molecule has 2 aromatic rings. The number of anilines is 1. The van der Waals surface area contributed by atoms with Gasteiger partial charge in [0.25, 0.3) is 5.91 Å². The molecular formula is C20H28N6O4S. The predicted octanol–water partition coefficient (Wildman–Crippen LogP) is 1.29. The third-order valence-electron chi connectivity index (χ3n) is 5.68. The summed E-state index contributed by atoms with van der Waals surface area (Å²) in [6.45, 7) is 3.18. The van der Waals surface area contributed by atoms with Crippen LogP contribution in [0.15, 0.2) is 33.8 Å². The average Bonchev–Trinajstić information content (AvgIpc) is 3.48. The molecule has 0 bridgehead atoms. The second-order valence-corrected chi connectivity index (χ2v) is 10.0. The van der Waals surface area contributed by atoms with Crippen molar-refractivity contribution in [2.75, 3.05) is 25.0 Å². The molecule has 0 radical (unpaired) electrons. The molecule has 31 heavy (non-hydrogen) atoms. The number of nitrogens with one attached hydrogen (secondary N) is 2. The Morgan fingerprint density at radius 2 is 2.13 bits per heavy atom. The second kappa shape index (κ2) is 8.93. The number of carbonyl (C=O) groups excluding carboxylic acids is 1. The fourth-order valence-corrected chi connectivity index (χ4v) is 5.43. The number of amides is 1. The van der Waals surface area contributed by atoms with Gasteiger partial charge < -0.3 is 20.9 Å². The van der Waals surface area contributed by atoms with Crippen LogP contribution in [0.25, 0.3) is 0 Å². The Balaban J connectivity index is 1.35. The number of hydrogen-bond acceptors (Lipinski definition) is 8. The summed E-state index contributed by atoms with van der Waals surface area (Å²) in [5, 5.41) is 9.85. The number of sulfonamides is 1. The van der Waals surface area contributed by atoms with Crippen molar-refractivity contribution in [3.05, 3.63) is 35.9 Å². The minimum Gasteiger partial charge on any atom is -0.369 e. The molecule has 0 unspecified atom stereocenters. The van der Waals surface area contributed by atoms with Crippen molar-refractivity contribution in [1.82, 2.24) is 19.8 Å². The lowest BCUT2D eigenvalue weighted by atomic mass is 10.0. The third-order valence-corrected chi connectivity index (χ3v) is 7.68. The van der Waals surface area contributed by atoms with Gasteiger partial charge in [0.1, 0.15) is 16.5 Å². The molecule has 1 amide bonds. The summed E-state index contributed by atoms with van der Waals surface area (Å²) in [6.07, 6.45) is 4.54. The Hall–Kier alpha value is -2.50. The zero-order valence-corrected chi connectivity index (χ0v) is 18.3. The zero-order chi connectivity index (χ0) is 22.0. The van der Waals surface area contributed by atoms with E-state index in [0.717, 1.165) is 18.6 Å². The smallest absolute Gasteiger partial charge is 0.273 e. The Kier molecular flexibility index (Phi) is 6.26. The lowest BCUT2D eigenvalue weighted by molar-refractivity contribution is 0.0905. The fraction of sp³-hybridized carbons (Fsp3) is 0.550. The summed E-state index contributed by atoms with van der Waals surface area (Å²) in [7, 11) is -3.67. The van der Waals surface area contributed by atoms with Gasteiger partial charge in [-0.3, -0.25) is 4.79 Å². The molecule has 1 saturated carbocycles. The lowest BCUT2D eigenvalue weighted by Crippen LogP contribution is -2.50. The molecule has 2 fully saturated rings. The highest BCUT2D eigenvalue weighted by atomic mass is 32.2. The van der Waals surface area contributed by atoms with Gasteiger partial charge in [-0.05, 0) is 44.7 Å². The van der Waals surface area contributed by atoms with E-state index in [1.807, 2.05) is 6.92 Å². The Labute approximate surface area is 181 Å². The maximum absolute atomic E-state index is 13.1. The number of rotatable bonds is 8. The van der Waals surface area contributed by atoms with Gasteiger partial charge in [-0.1, -0.05) is 5.16 Å². The van der Waals surface area contributed by atoms with Crippen molar-refractivity contribution >= 4 is 21.7 Å². The SMILES string of the molecule is C[C@@H]1C[C@H](NC(=O)c2cc(C3CC3)on2)CCN1S(=O)(=O)c1ccc(NCCN)nc1. The highest BCUT2D eigenvalue weighted by molar-refractivity contribution is 7.89. The molecular weight excluding hydrogens is 420 g/mol. The van der Waals surface area contributed by atoms with Gasteiger partial charge in [-0.15, -0.1) is 0 Å². The van der Waals surface area contributed by atoms with E-state index in [1.54, 1.807) is 18.2 Å². The van der Waals surface area contributed by atoms with Crippen molar-refractivity contribution in [2.45, 2.75) is 55.5 Å². The molecule has 10 nitrogen and oxygen atoms in total. The van der Waals surface area contributed by atoms with Crippen LogP contribution in [-0.4, -0.2) is 60.5 Å². The van der Waals surface area contributed by atoms with E-state index in [9.17, 15) is 13.2 Å². The van der Waals surface area contributed by atoms with Crippen LogP contribution in [0.4, 0.5) is 5.82 Å². The molecule has 1 saturated heterocycles. The van der Waals surface area contributed by atoms with Crippen LogP contribution in [0.3, 0.4) is 0 Å². The number of hydrogen-bond donors (Lipinski definition) is 3. The molecule has 0 aromatic carbocycles. The highest BCUT2D eigenvalue weighted by Crippen LogP contribution is 2.40. The number of nitrogens with zero attached hydrogens (tertiary/aromatic N) is 3. The van der Waals surface area contributed by atoms with Crippen molar-refractivity contribution in [3.63, 3.8) is 0 Å². The van der Waals surface area contributed by atoms with E-state index in [4.69, 9.17) is 10.3 Å². The topological polar surface area (TPSA) is 143 Å². The fourth-order valence-electron chi connectivity index (χ4n) is 3.83. The van der Waals surface area contributed by atoms with Crippen LogP contribution in [-0.2, 0) is 10.0 Å². The number of pyridine rings is 1. The molecule has 4 N–H and O–H groups in total.